The number of fused-ring (bicyclic) bond motifs is 4. The van der Waals surface area contributed by atoms with E-state index in [-0.39, 0.29) is 29.6 Å². The molecule has 164 valence electrons. The van der Waals surface area contributed by atoms with E-state index in [1.165, 1.54) is 12.1 Å². The highest BCUT2D eigenvalue weighted by atomic mass is 19.1. The summed E-state index contributed by atoms with van der Waals surface area (Å²) in [5.41, 5.74) is 2.83. The molecule has 0 saturated carbocycles. The zero-order valence-corrected chi connectivity index (χ0v) is 17.6. The summed E-state index contributed by atoms with van der Waals surface area (Å²) >= 11 is 0. The highest BCUT2D eigenvalue weighted by Gasteiger charge is 2.36. The second kappa shape index (κ2) is 8.55. The third-order valence-electron chi connectivity index (χ3n) is 6.80. The number of rotatable bonds is 4. The van der Waals surface area contributed by atoms with E-state index >= 15 is 0 Å². The Morgan fingerprint density at radius 1 is 1.03 bits per heavy atom. The summed E-state index contributed by atoms with van der Waals surface area (Å²) in [5, 5.41) is 0. The number of carbonyl (C=O) groups excluding carboxylic acids is 1. The lowest BCUT2D eigenvalue weighted by atomic mass is 9.82. The van der Waals surface area contributed by atoms with E-state index in [4.69, 9.17) is 4.74 Å². The zero-order valence-electron chi connectivity index (χ0n) is 17.6. The third-order valence-corrected chi connectivity index (χ3v) is 6.80. The minimum atomic E-state index is -0.293. The van der Waals surface area contributed by atoms with Crippen LogP contribution >= 0.6 is 0 Å². The van der Waals surface area contributed by atoms with Gasteiger partial charge in [-0.15, -0.1) is 0 Å². The van der Waals surface area contributed by atoms with Gasteiger partial charge in [0.05, 0.1) is 19.6 Å². The van der Waals surface area contributed by atoms with E-state index in [0.29, 0.717) is 32.1 Å². The Labute approximate surface area is 181 Å². The molecule has 31 heavy (non-hydrogen) atoms. The Hall–Kier alpha value is -2.51. The quantitative estimate of drug-likeness (QED) is 0.752. The number of nitrogens with zero attached hydrogens (tertiary/aromatic N) is 3. The molecule has 0 spiro atoms. The number of pyridine rings is 1. The normalized spacial score (nSPS) is 23.5. The van der Waals surface area contributed by atoms with Crippen molar-refractivity contribution in [2.45, 2.75) is 31.8 Å². The van der Waals surface area contributed by atoms with Crippen LogP contribution in [0.3, 0.4) is 0 Å². The maximum atomic E-state index is 13.2. The molecule has 2 atom stereocenters. The predicted molar refractivity (Wildman–Crippen MR) is 114 cm³/mol. The van der Waals surface area contributed by atoms with Crippen molar-refractivity contribution in [2.75, 3.05) is 39.4 Å². The fourth-order valence-corrected chi connectivity index (χ4v) is 5.20. The third kappa shape index (κ3) is 4.29. The fourth-order valence-electron chi connectivity index (χ4n) is 5.20. The van der Waals surface area contributed by atoms with Crippen molar-refractivity contribution < 1.29 is 13.9 Å². The summed E-state index contributed by atoms with van der Waals surface area (Å²) in [6, 6.07) is 10.2. The van der Waals surface area contributed by atoms with Crippen LogP contribution in [0.15, 0.2) is 41.2 Å². The molecule has 7 heteroatoms. The average molecular weight is 426 g/mol. The van der Waals surface area contributed by atoms with E-state index in [1.807, 2.05) is 15.5 Å². The monoisotopic (exact) mass is 425 g/mol. The number of aromatic nitrogens is 1. The Morgan fingerprint density at radius 2 is 1.81 bits per heavy atom. The van der Waals surface area contributed by atoms with Crippen molar-refractivity contribution in [3.8, 4) is 0 Å². The van der Waals surface area contributed by atoms with Gasteiger partial charge < -0.3 is 14.2 Å². The molecule has 3 aliphatic rings. The van der Waals surface area contributed by atoms with E-state index in [0.717, 1.165) is 49.5 Å². The van der Waals surface area contributed by atoms with Gasteiger partial charge in [0.2, 0.25) is 5.91 Å². The molecular formula is C24H28FN3O3. The number of halogens is 1. The number of carbonyl (C=O) groups is 1. The Morgan fingerprint density at radius 3 is 2.58 bits per heavy atom. The molecule has 1 aromatic carbocycles. The first kappa shape index (κ1) is 20.4. The molecule has 0 unspecified atom stereocenters. The first-order valence-electron chi connectivity index (χ1n) is 11.1. The fraction of sp³-hybridized carbons (Fsp3) is 0.500. The summed E-state index contributed by atoms with van der Waals surface area (Å²) in [4.78, 5) is 30.3. The summed E-state index contributed by atoms with van der Waals surface area (Å²) in [6.45, 7) is 5.81. The number of morpholine rings is 1. The van der Waals surface area contributed by atoms with Crippen LogP contribution in [-0.2, 0) is 29.0 Å². The minimum Gasteiger partial charge on any atom is -0.379 e. The van der Waals surface area contributed by atoms with Gasteiger partial charge in [-0.25, -0.2) is 4.39 Å². The van der Waals surface area contributed by atoms with Crippen molar-refractivity contribution in [3.05, 3.63) is 69.4 Å². The van der Waals surface area contributed by atoms with Crippen LogP contribution < -0.4 is 5.56 Å². The highest BCUT2D eigenvalue weighted by molar-refractivity contribution is 5.79. The molecule has 3 aliphatic heterocycles. The lowest BCUT2D eigenvalue weighted by molar-refractivity contribution is -0.133. The molecule has 2 fully saturated rings. The lowest BCUT2D eigenvalue weighted by Gasteiger charge is -2.43. The van der Waals surface area contributed by atoms with Crippen molar-refractivity contribution in [3.63, 3.8) is 0 Å². The predicted octanol–water partition coefficient (Wildman–Crippen LogP) is 2.01. The number of likely N-dealkylation sites (tertiary alicyclic amines) is 1. The van der Waals surface area contributed by atoms with Crippen molar-refractivity contribution in [1.82, 2.24) is 14.4 Å². The average Bonchev–Trinajstić information content (AvgIpc) is 2.78. The lowest BCUT2D eigenvalue weighted by Crippen LogP contribution is -2.50. The van der Waals surface area contributed by atoms with Gasteiger partial charge in [-0.2, -0.15) is 0 Å². The maximum Gasteiger partial charge on any atom is 0.255 e. The van der Waals surface area contributed by atoms with E-state index in [1.54, 1.807) is 12.1 Å². The molecule has 2 bridgehead atoms. The largest absolute Gasteiger partial charge is 0.379 e. The van der Waals surface area contributed by atoms with E-state index < -0.39 is 0 Å². The smallest absolute Gasteiger partial charge is 0.255 e. The molecular weight excluding hydrogens is 397 g/mol. The highest BCUT2D eigenvalue weighted by Crippen LogP contribution is 2.35. The standard InChI is InChI=1S/C24H28FN3O3/c25-21-4-1-17(2-5-21)12-23(29)27-13-18-11-20(16-27)22-6-3-19(24(30)28(22)14-18)15-26-7-9-31-10-8-26/h1-6,18,20H,7-16H2/t18-,20+/m0/s1. The van der Waals surface area contributed by atoms with Gasteiger partial charge in [0.1, 0.15) is 5.82 Å². The number of amides is 1. The zero-order chi connectivity index (χ0) is 21.4. The topological polar surface area (TPSA) is 54.8 Å². The summed E-state index contributed by atoms with van der Waals surface area (Å²) in [6.07, 6.45) is 1.30. The van der Waals surface area contributed by atoms with Crippen LogP contribution in [0.5, 0.6) is 0 Å². The summed E-state index contributed by atoms with van der Waals surface area (Å²) < 4.78 is 20.5. The van der Waals surface area contributed by atoms with Gasteiger partial charge in [0.15, 0.2) is 0 Å². The van der Waals surface area contributed by atoms with Gasteiger partial charge in [0.25, 0.3) is 5.56 Å². The number of piperidine rings is 1. The van der Waals surface area contributed by atoms with E-state index in [2.05, 4.69) is 11.0 Å². The molecule has 1 amide bonds. The Balaban J connectivity index is 1.30. The first-order chi connectivity index (χ1) is 15.1. The van der Waals surface area contributed by atoms with Gasteiger partial charge in [-0.3, -0.25) is 14.5 Å². The van der Waals surface area contributed by atoms with Crippen LogP contribution in [0, 0.1) is 11.7 Å². The Kier molecular flexibility index (Phi) is 5.63. The molecule has 4 heterocycles. The van der Waals surface area contributed by atoms with Crippen LogP contribution in [0.25, 0.3) is 0 Å². The van der Waals surface area contributed by atoms with Crippen LogP contribution in [0.4, 0.5) is 4.39 Å². The number of hydrogen-bond acceptors (Lipinski definition) is 4. The molecule has 6 nitrogen and oxygen atoms in total. The summed E-state index contributed by atoms with van der Waals surface area (Å²) in [5.74, 6) is 0.259. The van der Waals surface area contributed by atoms with Gasteiger partial charge in [0, 0.05) is 56.4 Å². The molecule has 0 aliphatic carbocycles. The number of hydrogen-bond donors (Lipinski definition) is 0. The van der Waals surface area contributed by atoms with Crippen molar-refractivity contribution in [2.24, 2.45) is 5.92 Å². The summed E-state index contributed by atoms with van der Waals surface area (Å²) in [7, 11) is 0. The second-order valence-electron chi connectivity index (χ2n) is 8.99. The SMILES string of the molecule is O=C(Cc1ccc(F)cc1)N1C[C@@H]2C[C@H](C1)c1ccc(CN3CCOCC3)c(=O)n1C2. The van der Waals surface area contributed by atoms with Gasteiger partial charge >= 0.3 is 0 Å². The molecule has 5 rings (SSSR count). The van der Waals surface area contributed by atoms with Crippen LogP contribution in [0.1, 0.15) is 29.2 Å². The van der Waals surface area contributed by atoms with Gasteiger partial charge in [-0.05, 0) is 36.1 Å². The van der Waals surface area contributed by atoms with Gasteiger partial charge in [-0.1, -0.05) is 18.2 Å². The van der Waals surface area contributed by atoms with Crippen molar-refractivity contribution in [1.29, 1.82) is 0 Å². The number of ether oxygens (including phenoxy) is 1. The Bertz CT molecular complexity index is 1010. The number of benzene rings is 1. The second-order valence-corrected chi connectivity index (χ2v) is 8.99. The van der Waals surface area contributed by atoms with Crippen LogP contribution in [-0.4, -0.2) is 59.7 Å². The van der Waals surface area contributed by atoms with Crippen LogP contribution in [0.2, 0.25) is 0 Å². The first-order valence-corrected chi connectivity index (χ1v) is 11.1. The molecule has 2 saturated heterocycles. The van der Waals surface area contributed by atoms with Crippen molar-refractivity contribution >= 4 is 5.91 Å². The van der Waals surface area contributed by atoms with E-state index in [9.17, 15) is 14.0 Å². The maximum absolute atomic E-state index is 13.2. The molecule has 0 N–H and O–H groups in total. The minimum absolute atomic E-state index is 0.0704. The molecule has 0 radical (unpaired) electrons. The molecule has 2 aromatic rings. The molecule has 1 aromatic heterocycles.